The van der Waals surface area contributed by atoms with Crippen molar-refractivity contribution in [2.24, 2.45) is 5.92 Å². The summed E-state index contributed by atoms with van der Waals surface area (Å²) in [4.78, 5) is 10.3. The van der Waals surface area contributed by atoms with E-state index in [0.29, 0.717) is 0 Å². The molecule has 0 saturated carbocycles. The van der Waals surface area contributed by atoms with Gasteiger partial charge in [-0.05, 0) is 0 Å². The molecule has 0 aliphatic rings. The molecule has 0 aromatic rings. The summed E-state index contributed by atoms with van der Waals surface area (Å²) in [6.07, 6.45) is 0. The van der Waals surface area contributed by atoms with Crippen LogP contribution in [0.2, 0.25) is 0 Å². The fourth-order valence-corrected chi connectivity index (χ4v) is 2.07. The maximum atomic E-state index is 10.5. The normalized spacial score (nSPS) is 13.9. The van der Waals surface area contributed by atoms with E-state index in [4.69, 9.17) is 10.7 Å². The van der Waals surface area contributed by atoms with E-state index in [1.165, 1.54) is 6.92 Å². The highest BCUT2D eigenvalue weighted by atomic mass is 35.7. The van der Waals surface area contributed by atoms with Crippen molar-refractivity contribution in [3.05, 3.63) is 0 Å². The molecule has 0 saturated heterocycles. The van der Waals surface area contributed by atoms with Gasteiger partial charge in [0.25, 0.3) is 0 Å². The van der Waals surface area contributed by atoms with Gasteiger partial charge < -0.3 is 4.74 Å². The van der Waals surface area contributed by atoms with Crippen LogP contribution in [-0.4, -0.2) is 26.7 Å². The van der Waals surface area contributed by atoms with E-state index >= 15 is 0 Å². The van der Waals surface area contributed by atoms with Crippen LogP contribution in [0.5, 0.6) is 0 Å². The minimum atomic E-state index is -3.49. The second kappa shape index (κ2) is 4.67. The molecule has 0 spiro atoms. The highest BCUT2D eigenvalue weighted by Crippen LogP contribution is 2.05. The van der Waals surface area contributed by atoms with Gasteiger partial charge in [-0.25, -0.2) is 8.42 Å². The van der Waals surface area contributed by atoms with Gasteiger partial charge in [0.1, 0.15) is 0 Å². The molecule has 0 N–H and O–H groups in total. The summed E-state index contributed by atoms with van der Waals surface area (Å²) in [5.41, 5.74) is 0. The van der Waals surface area contributed by atoms with Crippen molar-refractivity contribution in [3.8, 4) is 0 Å². The molecule has 0 rings (SSSR count). The molecule has 0 aromatic heterocycles. The Balaban J connectivity index is 3.75. The Hall–Kier alpha value is -0.290. The molecule has 0 bridgehead atoms. The Kier molecular flexibility index (Phi) is 4.55. The zero-order valence-electron chi connectivity index (χ0n) is 6.91. The van der Waals surface area contributed by atoms with Gasteiger partial charge >= 0.3 is 5.97 Å². The SMILES string of the molecule is CC(=O)OC[C@H](C)CS(=O)(=O)Cl. The Morgan fingerprint density at radius 2 is 2.08 bits per heavy atom. The fourth-order valence-electron chi connectivity index (χ4n) is 0.648. The number of halogens is 1. The highest BCUT2D eigenvalue weighted by Gasteiger charge is 2.13. The second-order valence-electron chi connectivity index (χ2n) is 2.61. The number of hydrogen-bond donors (Lipinski definition) is 0. The van der Waals surface area contributed by atoms with Gasteiger partial charge in [-0.1, -0.05) is 6.92 Å². The Morgan fingerprint density at radius 1 is 1.58 bits per heavy atom. The van der Waals surface area contributed by atoms with Gasteiger partial charge in [0.15, 0.2) is 0 Å². The summed E-state index contributed by atoms with van der Waals surface area (Å²) in [5.74, 6) is -0.868. The van der Waals surface area contributed by atoms with Gasteiger partial charge in [-0.15, -0.1) is 0 Å². The third-order valence-corrected chi connectivity index (χ3v) is 2.40. The molecular formula is C6H11ClO4S. The summed E-state index contributed by atoms with van der Waals surface area (Å²) in [5, 5.41) is 0. The summed E-state index contributed by atoms with van der Waals surface area (Å²) >= 11 is 0. The van der Waals surface area contributed by atoms with Gasteiger partial charge in [-0.3, -0.25) is 4.79 Å². The predicted octanol–water partition coefficient (Wildman–Crippen LogP) is 0.754. The Morgan fingerprint density at radius 3 is 2.42 bits per heavy atom. The summed E-state index contributed by atoms with van der Waals surface area (Å²) in [6, 6.07) is 0. The van der Waals surface area contributed by atoms with E-state index in [1.807, 2.05) is 0 Å². The monoisotopic (exact) mass is 214 g/mol. The first-order valence-electron chi connectivity index (χ1n) is 3.37. The molecule has 1 atom stereocenters. The van der Waals surface area contributed by atoms with E-state index in [9.17, 15) is 13.2 Å². The lowest BCUT2D eigenvalue weighted by molar-refractivity contribution is -0.141. The maximum Gasteiger partial charge on any atom is 0.302 e. The number of ether oxygens (including phenoxy) is 1. The van der Waals surface area contributed by atoms with Crippen LogP contribution in [-0.2, 0) is 18.6 Å². The first-order valence-corrected chi connectivity index (χ1v) is 5.85. The van der Waals surface area contributed by atoms with Crippen LogP contribution in [0.1, 0.15) is 13.8 Å². The van der Waals surface area contributed by atoms with Gasteiger partial charge in [0, 0.05) is 23.5 Å². The lowest BCUT2D eigenvalue weighted by Gasteiger charge is -2.07. The minimum Gasteiger partial charge on any atom is -0.466 e. The van der Waals surface area contributed by atoms with Crippen molar-refractivity contribution in [2.75, 3.05) is 12.4 Å². The first-order chi connectivity index (χ1) is 5.31. The van der Waals surface area contributed by atoms with Crippen molar-refractivity contribution in [3.63, 3.8) is 0 Å². The van der Waals surface area contributed by atoms with E-state index in [1.54, 1.807) is 6.92 Å². The van der Waals surface area contributed by atoms with Crippen LogP contribution >= 0.6 is 10.7 Å². The summed E-state index contributed by atoms with van der Waals surface area (Å²) in [6.45, 7) is 2.99. The van der Waals surface area contributed by atoms with E-state index in [2.05, 4.69) is 4.74 Å². The largest absolute Gasteiger partial charge is 0.466 e. The zero-order valence-corrected chi connectivity index (χ0v) is 8.48. The van der Waals surface area contributed by atoms with Gasteiger partial charge in [0.05, 0.1) is 12.4 Å². The molecule has 0 amide bonds. The maximum absolute atomic E-state index is 10.5. The van der Waals surface area contributed by atoms with E-state index < -0.39 is 15.0 Å². The quantitative estimate of drug-likeness (QED) is 0.512. The van der Waals surface area contributed by atoms with Gasteiger partial charge in [-0.2, -0.15) is 0 Å². The third kappa shape index (κ3) is 7.81. The molecule has 72 valence electrons. The third-order valence-electron chi connectivity index (χ3n) is 1.05. The molecule has 0 heterocycles. The van der Waals surface area contributed by atoms with Crippen LogP contribution in [0, 0.1) is 5.92 Å². The van der Waals surface area contributed by atoms with Crippen molar-refractivity contribution in [1.82, 2.24) is 0 Å². The van der Waals surface area contributed by atoms with Gasteiger partial charge in [0.2, 0.25) is 9.05 Å². The summed E-state index contributed by atoms with van der Waals surface area (Å²) < 4.78 is 25.6. The number of hydrogen-bond acceptors (Lipinski definition) is 4. The van der Waals surface area contributed by atoms with Crippen LogP contribution in [0.4, 0.5) is 0 Å². The van der Waals surface area contributed by atoms with E-state index in [-0.39, 0.29) is 18.3 Å². The number of carbonyl (C=O) groups excluding carboxylic acids is 1. The van der Waals surface area contributed by atoms with Crippen molar-refractivity contribution in [1.29, 1.82) is 0 Å². The average Bonchev–Trinajstić information content (AvgIpc) is 1.79. The molecule has 12 heavy (non-hydrogen) atoms. The molecule has 0 radical (unpaired) electrons. The number of carbonyl (C=O) groups is 1. The molecule has 0 unspecified atom stereocenters. The lowest BCUT2D eigenvalue weighted by atomic mass is 10.2. The lowest BCUT2D eigenvalue weighted by Crippen LogP contribution is -2.16. The fraction of sp³-hybridized carbons (Fsp3) is 0.833. The highest BCUT2D eigenvalue weighted by molar-refractivity contribution is 8.13. The van der Waals surface area contributed by atoms with Crippen LogP contribution in [0.25, 0.3) is 0 Å². The topological polar surface area (TPSA) is 60.4 Å². The Bertz CT molecular complexity index is 246. The van der Waals surface area contributed by atoms with Crippen molar-refractivity contribution < 1.29 is 17.9 Å². The summed E-state index contributed by atoms with van der Waals surface area (Å²) in [7, 11) is 1.48. The zero-order chi connectivity index (χ0) is 9.78. The van der Waals surface area contributed by atoms with Crippen LogP contribution in [0.15, 0.2) is 0 Å². The first kappa shape index (κ1) is 11.7. The molecular weight excluding hydrogens is 204 g/mol. The van der Waals surface area contributed by atoms with Crippen molar-refractivity contribution >= 4 is 25.7 Å². The van der Waals surface area contributed by atoms with Crippen molar-refractivity contribution in [2.45, 2.75) is 13.8 Å². The van der Waals surface area contributed by atoms with E-state index in [0.717, 1.165) is 0 Å². The smallest absolute Gasteiger partial charge is 0.302 e. The number of esters is 1. The van der Waals surface area contributed by atoms with Crippen LogP contribution < -0.4 is 0 Å². The minimum absolute atomic E-state index is 0.0846. The standard InChI is InChI=1S/C6H11ClO4S/c1-5(3-11-6(2)8)4-12(7,9)10/h5H,3-4H2,1-2H3/t5-/m0/s1. The molecule has 6 heteroatoms. The van der Waals surface area contributed by atoms with Crippen LogP contribution in [0.3, 0.4) is 0 Å². The molecule has 0 aliphatic carbocycles. The molecule has 0 aromatic carbocycles. The predicted molar refractivity (Wildman–Crippen MR) is 45.4 cm³/mol. The molecule has 0 fully saturated rings. The second-order valence-corrected chi connectivity index (χ2v) is 5.43. The molecule has 4 nitrogen and oxygen atoms in total. The number of rotatable bonds is 4. The Labute approximate surface area is 76.3 Å². The average molecular weight is 215 g/mol. The molecule has 0 aliphatic heterocycles.